The molecule has 208 valence electrons. The molecule has 2 aromatic carbocycles. The summed E-state index contributed by atoms with van der Waals surface area (Å²) in [6.45, 7) is -0.0286. The predicted molar refractivity (Wildman–Crippen MR) is 110 cm³/mol. The van der Waals surface area contributed by atoms with Crippen LogP contribution >= 0.6 is 0 Å². The molecule has 0 fully saturated rings. The number of aliphatic hydroxyl groups excluding tert-OH is 4. The van der Waals surface area contributed by atoms with Gasteiger partial charge in [-0.15, -0.1) is 0 Å². The molecule has 0 amide bonds. The quantitative estimate of drug-likeness (QED) is 0.189. The minimum Gasteiger partial charge on any atom is -0.394 e. The Bertz CT molecular complexity index is 1080. The van der Waals surface area contributed by atoms with Gasteiger partial charge in [0.1, 0.15) is 23.9 Å². The van der Waals surface area contributed by atoms with E-state index in [2.05, 4.69) is 0 Å². The lowest BCUT2D eigenvalue weighted by Crippen LogP contribution is -2.66. The molecule has 6 N–H and O–H groups in total. The summed E-state index contributed by atoms with van der Waals surface area (Å²) in [6.07, 6.45) is -12.4. The summed E-state index contributed by atoms with van der Waals surface area (Å²) in [6, 6.07) is -0.342. The van der Waals surface area contributed by atoms with Crippen molar-refractivity contribution in [2.75, 3.05) is 6.61 Å². The van der Waals surface area contributed by atoms with Gasteiger partial charge in [0.15, 0.2) is 46.5 Å². The highest BCUT2D eigenvalue weighted by molar-refractivity contribution is 5.28. The van der Waals surface area contributed by atoms with Gasteiger partial charge in [-0.05, 0) is 6.42 Å². The van der Waals surface area contributed by atoms with E-state index in [1.807, 2.05) is 0 Å². The van der Waals surface area contributed by atoms with Crippen LogP contribution in [0.1, 0.15) is 30.9 Å². The van der Waals surface area contributed by atoms with Crippen molar-refractivity contribution in [3.63, 3.8) is 0 Å². The number of hydrogen-bond donors (Lipinski definition) is 6. The molecule has 37 heavy (non-hydrogen) atoms. The third-order valence-electron chi connectivity index (χ3n) is 6.08. The Morgan fingerprint density at radius 3 is 1.43 bits per heavy atom. The van der Waals surface area contributed by atoms with E-state index in [1.54, 1.807) is 0 Å². The molecule has 2 rings (SSSR count). The normalized spacial score (nSPS) is 17.7. The van der Waals surface area contributed by atoms with Crippen LogP contribution in [0.25, 0.3) is 0 Å². The topological polar surface area (TPSA) is 121 Å². The van der Waals surface area contributed by atoms with E-state index < -0.39 is 113 Å². The summed E-state index contributed by atoms with van der Waals surface area (Å²) in [5.41, 5.74) is -9.72. The van der Waals surface area contributed by atoms with Crippen molar-refractivity contribution in [3.05, 3.63) is 69.8 Å². The summed E-state index contributed by atoms with van der Waals surface area (Å²) in [5, 5.41) is 62.8. The summed E-state index contributed by atoms with van der Waals surface area (Å²) in [5.74, 6) is -15.9. The van der Waals surface area contributed by atoms with Crippen LogP contribution in [0, 0.1) is 46.5 Å². The Labute approximate surface area is 205 Å². The second-order valence-corrected chi connectivity index (χ2v) is 8.69. The largest absolute Gasteiger partial charge is 0.394 e. The van der Waals surface area contributed by atoms with E-state index in [-0.39, 0.29) is 18.6 Å². The molecular formula is C23H24F8O6. The maximum Gasteiger partial charge on any atom is 0.165 e. The van der Waals surface area contributed by atoms with Crippen molar-refractivity contribution in [2.24, 2.45) is 0 Å². The van der Waals surface area contributed by atoms with Gasteiger partial charge in [0.25, 0.3) is 0 Å². The Hall–Kier alpha value is -2.36. The average molecular weight is 548 g/mol. The second kappa shape index (κ2) is 11.6. The highest BCUT2D eigenvalue weighted by atomic mass is 19.2. The Balaban J connectivity index is 2.74. The minimum atomic E-state index is -3.59. The third-order valence-corrected chi connectivity index (χ3v) is 6.08. The fourth-order valence-corrected chi connectivity index (χ4v) is 4.16. The van der Waals surface area contributed by atoms with E-state index in [1.165, 1.54) is 6.92 Å². The molecule has 0 bridgehead atoms. The molecule has 0 radical (unpaired) electrons. The minimum absolute atomic E-state index is 0.148. The molecule has 1 unspecified atom stereocenters. The molecule has 0 aliphatic heterocycles. The lowest BCUT2D eigenvalue weighted by molar-refractivity contribution is -0.230. The molecule has 0 spiro atoms. The molecule has 0 aromatic heterocycles. The zero-order valence-electron chi connectivity index (χ0n) is 19.1. The van der Waals surface area contributed by atoms with Gasteiger partial charge < -0.3 is 30.6 Å². The van der Waals surface area contributed by atoms with Gasteiger partial charge >= 0.3 is 0 Å². The lowest BCUT2D eigenvalue weighted by Gasteiger charge is -2.46. The van der Waals surface area contributed by atoms with E-state index in [4.69, 9.17) is 0 Å². The first-order valence-electron chi connectivity index (χ1n) is 10.8. The van der Waals surface area contributed by atoms with Gasteiger partial charge in [0.05, 0.1) is 12.2 Å². The molecule has 14 heteroatoms. The number of benzene rings is 2. The van der Waals surface area contributed by atoms with Crippen molar-refractivity contribution < 1.29 is 65.8 Å². The Kier molecular flexibility index (Phi) is 9.66. The fraction of sp³-hybridized carbons (Fsp3) is 0.478. The van der Waals surface area contributed by atoms with Crippen LogP contribution in [-0.4, -0.2) is 66.8 Å². The summed E-state index contributed by atoms with van der Waals surface area (Å²) < 4.78 is 112. The maximum absolute atomic E-state index is 14.4. The average Bonchev–Trinajstić information content (AvgIpc) is 2.85. The molecule has 0 saturated heterocycles. The molecular weight excluding hydrogens is 524 g/mol. The maximum atomic E-state index is 14.4. The first-order chi connectivity index (χ1) is 17.0. The summed E-state index contributed by atoms with van der Waals surface area (Å²) >= 11 is 0. The van der Waals surface area contributed by atoms with Crippen LogP contribution < -0.4 is 0 Å². The molecule has 0 saturated carbocycles. The van der Waals surface area contributed by atoms with Gasteiger partial charge in [-0.25, -0.2) is 35.1 Å². The van der Waals surface area contributed by atoms with E-state index in [9.17, 15) is 65.8 Å². The Morgan fingerprint density at radius 2 is 1.08 bits per heavy atom. The lowest BCUT2D eigenvalue weighted by atomic mass is 9.71. The van der Waals surface area contributed by atoms with E-state index in [0.717, 1.165) is 0 Å². The van der Waals surface area contributed by atoms with Crippen molar-refractivity contribution >= 4 is 0 Å². The summed E-state index contributed by atoms with van der Waals surface area (Å²) in [4.78, 5) is 0. The van der Waals surface area contributed by atoms with Crippen LogP contribution in [0.5, 0.6) is 0 Å². The highest BCUT2D eigenvalue weighted by Gasteiger charge is 2.55. The standard InChI is InChI=1S/C23H24F8O6/c1-2-3-22(36,6-9-16(28)11(24)4-12(25)17(9)29)21(35)23(37,20(34)15(33)8-32)7-10-18(30)13(26)5-14(27)19(10)31/h4-5,15,20-21,32-37H,2-3,6-8H2,1H3/t15-,20+,21+,22?,23+/m0/s1. The number of halogens is 8. The molecule has 0 aliphatic rings. The van der Waals surface area contributed by atoms with Crippen LogP contribution in [-0.2, 0) is 12.8 Å². The van der Waals surface area contributed by atoms with Crippen LogP contribution in [0.3, 0.4) is 0 Å². The fourth-order valence-electron chi connectivity index (χ4n) is 4.16. The van der Waals surface area contributed by atoms with E-state index >= 15 is 0 Å². The molecule has 2 aromatic rings. The zero-order chi connectivity index (χ0) is 28.5. The van der Waals surface area contributed by atoms with Crippen molar-refractivity contribution in [1.29, 1.82) is 0 Å². The number of rotatable bonds is 11. The molecule has 0 heterocycles. The number of hydrogen-bond acceptors (Lipinski definition) is 6. The van der Waals surface area contributed by atoms with Crippen LogP contribution in [0.4, 0.5) is 35.1 Å². The predicted octanol–water partition coefficient (Wildman–Crippen LogP) is 1.92. The zero-order valence-corrected chi connectivity index (χ0v) is 19.1. The smallest absolute Gasteiger partial charge is 0.165 e. The molecule has 5 atom stereocenters. The van der Waals surface area contributed by atoms with Gasteiger partial charge in [0, 0.05) is 36.1 Å². The van der Waals surface area contributed by atoms with Gasteiger partial charge in [-0.3, -0.25) is 0 Å². The van der Waals surface area contributed by atoms with Gasteiger partial charge in [-0.1, -0.05) is 13.3 Å². The van der Waals surface area contributed by atoms with Crippen LogP contribution in [0.2, 0.25) is 0 Å². The SMILES string of the molecule is CCCC(O)(Cc1c(F)c(F)cc(F)c1F)[C@@H](O)[C@@](O)(Cc1c(F)c(F)cc(F)c1F)[C@H](O)[C@@H](O)CO. The van der Waals surface area contributed by atoms with Crippen LogP contribution in [0.15, 0.2) is 12.1 Å². The monoisotopic (exact) mass is 548 g/mol. The van der Waals surface area contributed by atoms with Crippen molar-refractivity contribution in [3.8, 4) is 0 Å². The van der Waals surface area contributed by atoms with Gasteiger partial charge in [0.2, 0.25) is 0 Å². The molecule has 0 aliphatic carbocycles. The van der Waals surface area contributed by atoms with Gasteiger partial charge in [-0.2, -0.15) is 0 Å². The first-order valence-corrected chi connectivity index (χ1v) is 10.8. The molecule has 6 nitrogen and oxygen atoms in total. The second-order valence-electron chi connectivity index (χ2n) is 8.69. The highest BCUT2D eigenvalue weighted by Crippen LogP contribution is 2.37. The summed E-state index contributed by atoms with van der Waals surface area (Å²) in [7, 11) is 0. The van der Waals surface area contributed by atoms with E-state index in [0.29, 0.717) is 0 Å². The third kappa shape index (κ3) is 5.89. The van der Waals surface area contributed by atoms with Crippen molar-refractivity contribution in [2.45, 2.75) is 62.1 Å². The number of aliphatic hydroxyl groups is 6. The Morgan fingerprint density at radius 1 is 0.703 bits per heavy atom. The van der Waals surface area contributed by atoms with Crippen molar-refractivity contribution in [1.82, 2.24) is 0 Å². The first kappa shape index (κ1) is 30.9.